The molecule has 1 aliphatic heterocycles. The summed E-state index contributed by atoms with van der Waals surface area (Å²) >= 11 is 0. The number of carbonyl (C=O) groups excluding carboxylic acids is 1. The summed E-state index contributed by atoms with van der Waals surface area (Å²) in [4.78, 5) is 12.4. The number of benzene rings is 2. The van der Waals surface area contributed by atoms with Gasteiger partial charge in [0, 0.05) is 26.1 Å². The van der Waals surface area contributed by atoms with E-state index >= 15 is 0 Å². The molecule has 2 aromatic carbocycles. The van der Waals surface area contributed by atoms with E-state index in [4.69, 9.17) is 14.3 Å². The molecule has 4 nitrogen and oxygen atoms in total. The number of Topliss-reactive ketones (excluding diaryl/α,β-unsaturated/α-hetero) is 1. The summed E-state index contributed by atoms with van der Waals surface area (Å²) in [5.74, 6) is 0.156. The highest BCUT2D eigenvalue weighted by Gasteiger charge is 2.50. The van der Waals surface area contributed by atoms with E-state index in [1.807, 2.05) is 12.1 Å². The van der Waals surface area contributed by atoms with Crippen LogP contribution in [0.3, 0.4) is 0 Å². The molecule has 0 aromatic heterocycles. The summed E-state index contributed by atoms with van der Waals surface area (Å²) in [6, 6.07) is 21.1. The maximum absolute atomic E-state index is 12.4. The molecule has 1 heterocycles. The Morgan fingerprint density at radius 1 is 1.00 bits per heavy atom. The molecule has 0 spiro atoms. The van der Waals surface area contributed by atoms with Gasteiger partial charge in [-0.2, -0.15) is 0 Å². The van der Waals surface area contributed by atoms with Crippen molar-refractivity contribution < 1.29 is 19.1 Å². The van der Waals surface area contributed by atoms with Gasteiger partial charge in [0.1, 0.15) is 6.10 Å². The zero-order valence-electron chi connectivity index (χ0n) is 18.3. The minimum Gasteiger partial charge on any atom is -0.407 e. The van der Waals surface area contributed by atoms with Gasteiger partial charge < -0.3 is 14.3 Å². The number of rotatable bonds is 9. The first-order chi connectivity index (χ1) is 14.4. The first-order valence-corrected chi connectivity index (χ1v) is 12.8. The molecule has 30 heavy (non-hydrogen) atoms. The third kappa shape index (κ3) is 4.91. The molecule has 1 N–H and O–H groups in total. The molecule has 3 rings (SSSR count). The number of ketones is 1. The Morgan fingerprint density at radius 2 is 1.57 bits per heavy atom. The summed E-state index contributed by atoms with van der Waals surface area (Å²) in [7, 11) is -2.58. The molecule has 2 aromatic rings. The van der Waals surface area contributed by atoms with Crippen molar-refractivity contribution >= 4 is 24.5 Å². The van der Waals surface area contributed by atoms with Crippen LogP contribution in [0.15, 0.2) is 60.7 Å². The van der Waals surface area contributed by atoms with Crippen LogP contribution in [0.2, 0.25) is 5.04 Å². The monoisotopic (exact) mass is 426 g/mol. The Hall–Kier alpha value is -1.79. The molecule has 0 radical (unpaired) electrons. The van der Waals surface area contributed by atoms with Crippen molar-refractivity contribution in [2.45, 2.75) is 63.7 Å². The molecule has 0 amide bonds. The average molecular weight is 427 g/mol. The van der Waals surface area contributed by atoms with Gasteiger partial charge in [0.05, 0.1) is 6.10 Å². The van der Waals surface area contributed by atoms with Gasteiger partial charge in [0.15, 0.2) is 5.78 Å². The van der Waals surface area contributed by atoms with Crippen LogP contribution in [0.4, 0.5) is 0 Å². The topological polar surface area (TPSA) is 55.8 Å². The number of carbonyl (C=O) groups is 1. The molecule has 1 aliphatic rings. The van der Waals surface area contributed by atoms with Gasteiger partial charge in [-0.3, -0.25) is 4.79 Å². The Bertz CT molecular complexity index is 761. The number of aliphatic hydroxyl groups excluding tert-OH is 1. The molecule has 162 valence electrons. The van der Waals surface area contributed by atoms with E-state index in [-0.39, 0.29) is 23.5 Å². The molecular formula is C25H34O4Si. The molecule has 0 unspecified atom stereocenters. The van der Waals surface area contributed by atoms with Crippen molar-refractivity contribution in [3.8, 4) is 0 Å². The van der Waals surface area contributed by atoms with Gasteiger partial charge >= 0.3 is 0 Å². The van der Waals surface area contributed by atoms with Gasteiger partial charge in [-0.05, 0) is 28.3 Å². The lowest BCUT2D eigenvalue weighted by Gasteiger charge is -2.43. The number of hydrogen-bond donors (Lipinski definition) is 1. The lowest BCUT2D eigenvalue weighted by atomic mass is 10.1. The van der Waals surface area contributed by atoms with Gasteiger partial charge in [-0.25, -0.2) is 0 Å². The summed E-state index contributed by atoms with van der Waals surface area (Å²) in [6.07, 6.45) is 1.95. The summed E-state index contributed by atoms with van der Waals surface area (Å²) in [6.45, 7) is 7.37. The van der Waals surface area contributed by atoms with E-state index in [0.29, 0.717) is 25.9 Å². The molecule has 2 atom stereocenters. The minimum absolute atomic E-state index is 0.0671. The molecule has 0 saturated carbocycles. The Balaban J connectivity index is 1.81. The van der Waals surface area contributed by atoms with Crippen LogP contribution in [0.25, 0.3) is 0 Å². The fourth-order valence-electron chi connectivity index (χ4n) is 4.51. The normalized spacial score (nSPS) is 19.9. The van der Waals surface area contributed by atoms with Crippen molar-refractivity contribution in [2.24, 2.45) is 0 Å². The van der Waals surface area contributed by atoms with Crippen LogP contribution in [0.1, 0.15) is 46.5 Å². The minimum atomic E-state index is -2.58. The third-order valence-electron chi connectivity index (χ3n) is 5.94. The second-order valence-electron chi connectivity index (χ2n) is 9.08. The highest BCUT2D eigenvalue weighted by atomic mass is 28.4. The number of ether oxygens (including phenoxy) is 1. The summed E-state index contributed by atoms with van der Waals surface area (Å²) < 4.78 is 12.8. The van der Waals surface area contributed by atoms with Crippen molar-refractivity contribution in [3.05, 3.63) is 60.7 Å². The highest BCUT2D eigenvalue weighted by Crippen LogP contribution is 2.37. The van der Waals surface area contributed by atoms with Crippen molar-refractivity contribution in [1.29, 1.82) is 0 Å². The van der Waals surface area contributed by atoms with Crippen molar-refractivity contribution in [2.75, 3.05) is 13.2 Å². The predicted molar refractivity (Wildman–Crippen MR) is 123 cm³/mol. The fourth-order valence-corrected chi connectivity index (χ4v) is 9.09. The molecule has 5 heteroatoms. The van der Waals surface area contributed by atoms with E-state index in [2.05, 4.69) is 69.3 Å². The van der Waals surface area contributed by atoms with Gasteiger partial charge in [-0.1, -0.05) is 81.4 Å². The van der Waals surface area contributed by atoms with Crippen LogP contribution < -0.4 is 10.4 Å². The van der Waals surface area contributed by atoms with E-state index < -0.39 is 14.4 Å². The molecular weight excluding hydrogens is 392 g/mol. The third-order valence-corrected chi connectivity index (χ3v) is 11.0. The average Bonchev–Trinajstić information content (AvgIpc) is 3.09. The zero-order chi connectivity index (χ0) is 21.6. The molecule has 0 aliphatic carbocycles. The molecule has 1 saturated heterocycles. The van der Waals surface area contributed by atoms with Crippen LogP contribution in [-0.2, 0) is 14.0 Å². The second kappa shape index (κ2) is 10.0. The summed E-state index contributed by atoms with van der Waals surface area (Å²) in [5.41, 5.74) is 0. The first-order valence-electron chi connectivity index (χ1n) is 10.9. The van der Waals surface area contributed by atoms with Crippen LogP contribution >= 0.6 is 0 Å². The van der Waals surface area contributed by atoms with E-state index in [1.165, 1.54) is 10.4 Å². The summed E-state index contributed by atoms with van der Waals surface area (Å²) in [5, 5.41) is 11.4. The van der Waals surface area contributed by atoms with Gasteiger partial charge in [0.25, 0.3) is 8.32 Å². The number of hydrogen-bond acceptors (Lipinski definition) is 4. The Labute approximate surface area is 181 Å². The maximum atomic E-state index is 12.4. The van der Waals surface area contributed by atoms with Crippen LogP contribution in [0, 0.1) is 0 Å². The van der Waals surface area contributed by atoms with Crippen molar-refractivity contribution in [3.63, 3.8) is 0 Å². The Kier molecular flexibility index (Phi) is 7.63. The SMILES string of the molecule is CC(C)(C)[Si](OCC[C@@H]1O[C@@H](CCCO)CC1=O)(c1ccccc1)c1ccccc1. The van der Waals surface area contributed by atoms with E-state index in [1.54, 1.807) is 0 Å². The van der Waals surface area contributed by atoms with Crippen LogP contribution in [0.5, 0.6) is 0 Å². The lowest BCUT2D eigenvalue weighted by Crippen LogP contribution is -2.66. The highest BCUT2D eigenvalue weighted by molar-refractivity contribution is 6.99. The lowest BCUT2D eigenvalue weighted by molar-refractivity contribution is -0.123. The standard InChI is InChI=1S/C25H34O4Si/c1-25(2,3)30(21-12-6-4-7-13-21,22-14-8-5-9-15-22)28-18-16-24-23(27)19-20(29-24)11-10-17-26/h4-9,12-15,20,24,26H,10-11,16-19H2,1-3H3/t20-,24-/m0/s1. The van der Waals surface area contributed by atoms with Crippen LogP contribution in [-0.4, -0.2) is 44.6 Å². The van der Waals surface area contributed by atoms with Crippen molar-refractivity contribution in [1.82, 2.24) is 0 Å². The Morgan fingerprint density at radius 3 is 2.07 bits per heavy atom. The predicted octanol–water partition coefficient (Wildman–Crippen LogP) is 3.45. The molecule has 0 bridgehead atoms. The zero-order valence-corrected chi connectivity index (χ0v) is 19.3. The number of aliphatic hydroxyl groups is 1. The smallest absolute Gasteiger partial charge is 0.261 e. The quantitative estimate of drug-likeness (QED) is 0.624. The molecule has 1 fully saturated rings. The van der Waals surface area contributed by atoms with Gasteiger partial charge in [0.2, 0.25) is 0 Å². The van der Waals surface area contributed by atoms with E-state index in [9.17, 15) is 4.79 Å². The largest absolute Gasteiger partial charge is 0.407 e. The fraction of sp³-hybridized carbons (Fsp3) is 0.480. The van der Waals surface area contributed by atoms with E-state index in [0.717, 1.165) is 6.42 Å². The van der Waals surface area contributed by atoms with Gasteiger partial charge in [-0.15, -0.1) is 0 Å². The maximum Gasteiger partial charge on any atom is 0.261 e. The second-order valence-corrected chi connectivity index (χ2v) is 13.4. The first kappa shape index (κ1) is 22.9.